The fraction of sp³-hybridized carbons (Fsp3) is 0.172. The molecule has 4 amide bonds. The van der Waals surface area contributed by atoms with Crippen molar-refractivity contribution in [3.05, 3.63) is 144 Å². The molecule has 376 valence electrons. The van der Waals surface area contributed by atoms with Gasteiger partial charge in [-0.3, -0.25) is 24.1 Å². The van der Waals surface area contributed by atoms with E-state index in [1.165, 1.54) is 0 Å². The van der Waals surface area contributed by atoms with E-state index in [4.69, 9.17) is 31.5 Å². The molecule has 16 nitrogen and oxygen atoms in total. The zero-order valence-electron chi connectivity index (χ0n) is 41.4. The monoisotopic (exact) mass is 1080 g/mol. The van der Waals surface area contributed by atoms with Gasteiger partial charge in [-0.1, -0.05) is 97.1 Å². The van der Waals surface area contributed by atoms with E-state index >= 15 is 0 Å². The van der Waals surface area contributed by atoms with Gasteiger partial charge in [0.1, 0.15) is 5.88 Å². The van der Waals surface area contributed by atoms with Crippen LogP contribution >= 0.6 is 11.6 Å². The minimum Gasteiger partial charge on any atom is -0.657 e. The first-order valence-corrected chi connectivity index (χ1v) is 25.3. The summed E-state index contributed by atoms with van der Waals surface area (Å²) in [6, 6.07) is 37.9. The summed E-state index contributed by atoms with van der Waals surface area (Å²) < 4.78 is 0. The topological polar surface area (TPSA) is 210 Å². The first-order chi connectivity index (χ1) is 36.8. The molecule has 1 unspecified atom stereocenters. The normalized spacial score (nSPS) is 16.0. The van der Waals surface area contributed by atoms with E-state index in [9.17, 15) is 19.2 Å². The van der Waals surface area contributed by atoms with Crippen molar-refractivity contribution in [2.45, 2.75) is 0 Å². The summed E-state index contributed by atoms with van der Waals surface area (Å²) in [7, 11) is 0. The summed E-state index contributed by atoms with van der Waals surface area (Å²) in [4.78, 5) is 78.7. The molecule has 11 rings (SSSR count). The molecule has 18 heteroatoms. The molecule has 7 heterocycles. The maximum absolute atomic E-state index is 13.9. The van der Waals surface area contributed by atoms with E-state index in [1.54, 1.807) is 0 Å². The number of alkyl halides is 1. The Morgan fingerprint density at radius 3 is 1.18 bits per heavy atom. The van der Waals surface area contributed by atoms with E-state index in [2.05, 4.69) is 42.1 Å². The van der Waals surface area contributed by atoms with E-state index in [0.29, 0.717) is 151 Å². The Balaban J connectivity index is 0.00000657. The molecule has 1 atom stereocenters. The van der Waals surface area contributed by atoms with Crippen LogP contribution in [0.4, 0.5) is 22.7 Å². The van der Waals surface area contributed by atoms with Crippen molar-refractivity contribution < 1.29 is 38.7 Å². The molecule has 4 aliphatic rings. The number of hydrogen-bond acceptors (Lipinski definition) is 10. The van der Waals surface area contributed by atoms with Crippen LogP contribution in [0.25, 0.3) is 90.9 Å². The van der Waals surface area contributed by atoms with Crippen molar-refractivity contribution in [3.63, 3.8) is 0 Å². The van der Waals surface area contributed by atoms with E-state index in [1.807, 2.05) is 146 Å². The van der Waals surface area contributed by atoms with Gasteiger partial charge in [-0.15, -0.1) is 33.7 Å². The molecule has 7 aromatic rings. The second-order valence-electron chi connectivity index (χ2n) is 18.2. The maximum Gasteiger partial charge on any atom is 2.00 e. The van der Waals surface area contributed by atoms with Gasteiger partial charge >= 0.3 is 19.5 Å². The van der Waals surface area contributed by atoms with Crippen LogP contribution in [0.5, 0.6) is 0 Å². The van der Waals surface area contributed by atoms with Gasteiger partial charge in [-0.2, -0.15) is 0 Å². The van der Waals surface area contributed by atoms with Crippen LogP contribution in [-0.2, 0) is 38.7 Å². The Hall–Kier alpha value is -7.89. The van der Waals surface area contributed by atoms with Crippen LogP contribution < -0.4 is 47.2 Å². The minimum absolute atomic E-state index is 0. The summed E-state index contributed by atoms with van der Waals surface area (Å²) in [6.07, 6.45) is 7.69. The molecule has 0 radical (unpaired) electrons. The Morgan fingerprint density at radius 1 is 0.487 bits per heavy atom. The Bertz CT molecular complexity index is 3580. The number of carbonyl (C=O) groups excluding carboxylic acids is 4. The molecule has 4 aromatic carbocycles. The fourth-order valence-corrected chi connectivity index (χ4v) is 9.92. The van der Waals surface area contributed by atoms with Gasteiger partial charge in [-0.05, 0) is 70.8 Å². The predicted octanol–water partition coefficient (Wildman–Crippen LogP) is 7.67. The second kappa shape index (κ2) is 23.3. The van der Waals surface area contributed by atoms with E-state index in [0.717, 1.165) is 0 Å². The average Bonchev–Trinajstić information content (AvgIpc) is 4.30. The number of benzene rings is 4. The molecule has 76 heavy (non-hydrogen) atoms. The predicted molar refractivity (Wildman–Crippen MR) is 299 cm³/mol. The number of carbonyl (C=O) groups is 4. The number of rotatable bonds is 3. The number of para-hydroxylation sites is 4. The van der Waals surface area contributed by atoms with Gasteiger partial charge < -0.3 is 47.2 Å². The van der Waals surface area contributed by atoms with Gasteiger partial charge in [0.2, 0.25) is 23.6 Å². The van der Waals surface area contributed by atoms with Crippen LogP contribution in [0, 0.1) is 0 Å². The smallest absolute Gasteiger partial charge is 0.657 e. The Kier molecular flexibility index (Phi) is 15.8. The van der Waals surface area contributed by atoms with Crippen molar-refractivity contribution in [1.82, 2.24) is 40.8 Å². The molecule has 7 N–H and O–H groups in total. The van der Waals surface area contributed by atoms with E-state index in [-0.39, 0.29) is 68.6 Å². The Labute approximate surface area is 456 Å². The molecule has 4 aliphatic heterocycles. The third-order valence-electron chi connectivity index (χ3n) is 13.3. The summed E-state index contributed by atoms with van der Waals surface area (Å²) >= 11 is 6.07. The summed E-state index contributed by atoms with van der Waals surface area (Å²) in [5, 5.41) is 22.5. The largest absolute Gasteiger partial charge is 2.00 e. The molecular weight excluding hydrogens is 1030 g/mol. The first kappa shape index (κ1) is 51.6. The van der Waals surface area contributed by atoms with Crippen LogP contribution in [-0.4, -0.2) is 103 Å². The van der Waals surface area contributed by atoms with Crippen LogP contribution in [0.15, 0.2) is 121 Å². The molecular formula is C58H51ClN12O4Zn. The molecule has 0 saturated heterocycles. The summed E-state index contributed by atoms with van der Waals surface area (Å²) in [5.41, 5.74) is 11.7. The third kappa shape index (κ3) is 11.1. The molecule has 0 fully saturated rings. The zero-order valence-corrected chi connectivity index (χ0v) is 45.1. The van der Waals surface area contributed by atoms with Crippen molar-refractivity contribution in [2.75, 3.05) is 86.0 Å². The van der Waals surface area contributed by atoms with Crippen molar-refractivity contribution in [3.8, 4) is 44.5 Å². The number of nitrogens with zero attached hydrogens (tertiary/aromatic N) is 5. The van der Waals surface area contributed by atoms with Gasteiger partial charge in [0.15, 0.2) is 0 Å². The van der Waals surface area contributed by atoms with Crippen molar-refractivity contribution in [2.24, 2.45) is 0 Å². The molecule has 3 aromatic heterocycles. The summed E-state index contributed by atoms with van der Waals surface area (Å²) in [5.74, 6) is -1.36. The average molecular weight is 1080 g/mol. The van der Waals surface area contributed by atoms with Crippen molar-refractivity contribution >= 4 is 104 Å². The van der Waals surface area contributed by atoms with Gasteiger partial charge in [0, 0.05) is 84.3 Å². The number of hydrogen-bond donors (Lipinski definition) is 7. The number of anilines is 4. The first-order valence-electron chi connectivity index (χ1n) is 24.8. The van der Waals surface area contributed by atoms with Gasteiger partial charge in [0.25, 0.3) is 0 Å². The number of aromatic nitrogens is 4. The van der Waals surface area contributed by atoms with Crippen LogP contribution in [0.1, 0.15) is 22.8 Å². The van der Waals surface area contributed by atoms with Crippen LogP contribution in [0.2, 0.25) is 0 Å². The summed E-state index contributed by atoms with van der Waals surface area (Å²) in [6.45, 7) is 3.40. The second-order valence-corrected chi connectivity index (χ2v) is 18.5. The SMILES string of the molecule is O=C(CCl)Nc1ccccc1-c1c2nc(c3c4ccc([n-]4)c4c5nc(c(c6ccc1[n-]6)-c1ccccc1NC(=O)CNCCN(CCNCC(=O)Nc1ccccc1-3)CCNCC(=O)Nc1ccccc1-4)C=C5)C=C2.[Zn+2]. The van der Waals surface area contributed by atoms with Gasteiger partial charge in [0.05, 0.1) is 42.4 Å². The quantitative estimate of drug-likeness (QED) is 0.0517. The fourth-order valence-electron chi connectivity index (χ4n) is 9.85. The number of fused-ring (bicyclic) bond motifs is 16. The standard InChI is InChI=1S/C58H53ClN12O4.Zn/c59-31-51(72)67-39-13-5-1-9-35(39)55-43-17-19-45(63-43)56-36-10-2-6-14-40(36)68-52(73)32-60-25-28-71-29-26-61-33-53(74)69-41-15-7-3-11-37(41)57(46-20-18-44(55)64-46)48-22-24-50(66-48)58(49-23-21-47(56)65-49)38-12-4-8-16-42(38)70-54(75)34-62-27-30-71;/h1-24,60-62H,25-34H2,(H6,63,64,65,66,67,68,69,70,72,73,74,75);/q;+2/p-2. The maximum atomic E-state index is 13.9. The zero-order chi connectivity index (χ0) is 51.3. The third-order valence-corrected chi connectivity index (χ3v) is 13.5. The minimum atomic E-state index is -0.387. The number of nitrogens with one attached hydrogen (secondary N) is 7. The van der Waals surface area contributed by atoms with Gasteiger partial charge in [-0.25, -0.2) is 9.97 Å². The van der Waals surface area contributed by atoms with Crippen molar-refractivity contribution in [1.29, 1.82) is 0 Å². The Morgan fingerprint density at radius 2 is 0.816 bits per heavy atom. The molecule has 0 spiro atoms. The number of halogens is 1. The number of amides is 4. The molecule has 0 aliphatic carbocycles. The molecule has 0 saturated carbocycles. The van der Waals surface area contributed by atoms with E-state index < -0.39 is 0 Å². The van der Waals surface area contributed by atoms with Crippen LogP contribution in [0.3, 0.4) is 0 Å². The molecule has 12 bridgehead atoms.